The molecule has 2 amide bonds. The monoisotopic (exact) mass is 302 g/mol. The van der Waals surface area contributed by atoms with Gasteiger partial charge in [-0.25, -0.2) is 0 Å². The lowest BCUT2D eigenvalue weighted by Crippen LogP contribution is -2.27. The lowest BCUT2D eigenvalue weighted by molar-refractivity contribution is -0.116. The van der Waals surface area contributed by atoms with Crippen LogP contribution in [0, 0.1) is 13.8 Å². The van der Waals surface area contributed by atoms with E-state index >= 15 is 0 Å². The molecule has 0 unspecified atom stereocenters. The van der Waals surface area contributed by atoms with Gasteiger partial charge in [-0.2, -0.15) is 0 Å². The van der Waals surface area contributed by atoms with Crippen LogP contribution in [0.4, 0.5) is 5.69 Å². The van der Waals surface area contributed by atoms with Crippen LogP contribution < -0.4 is 10.6 Å². The zero-order valence-corrected chi connectivity index (χ0v) is 12.9. The minimum atomic E-state index is -0.135. The summed E-state index contributed by atoms with van der Waals surface area (Å²) >= 11 is 1.38. The van der Waals surface area contributed by atoms with Crippen LogP contribution in [0.2, 0.25) is 0 Å². The van der Waals surface area contributed by atoms with Crippen LogP contribution in [-0.4, -0.2) is 18.4 Å². The van der Waals surface area contributed by atoms with Crippen molar-refractivity contribution in [3.05, 3.63) is 51.7 Å². The summed E-state index contributed by atoms with van der Waals surface area (Å²) in [7, 11) is 0. The van der Waals surface area contributed by atoms with E-state index in [0.717, 1.165) is 11.3 Å². The Balaban J connectivity index is 1.77. The first-order chi connectivity index (χ1) is 10.1. The topological polar surface area (TPSA) is 58.2 Å². The van der Waals surface area contributed by atoms with Gasteiger partial charge in [0, 0.05) is 18.7 Å². The van der Waals surface area contributed by atoms with E-state index in [-0.39, 0.29) is 18.2 Å². The van der Waals surface area contributed by atoms with Gasteiger partial charge in [0.25, 0.3) is 5.91 Å². The van der Waals surface area contributed by atoms with Crippen molar-refractivity contribution in [2.75, 3.05) is 11.9 Å². The number of rotatable bonds is 5. The Kier molecular flexibility index (Phi) is 5.11. The lowest BCUT2D eigenvalue weighted by atomic mass is 10.1. The van der Waals surface area contributed by atoms with Crippen LogP contribution in [0.5, 0.6) is 0 Å². The number of thiophene rings is 1. The number of carbonyl (C=O) groups excluding carboxylic acids is 2. The Bertz CT molecular complexity index is 636. The van der Waals surface area contributed by atoms with E-state index < -0.39 is 0 Å². The van der Waals surface area contributed by atoms with Crippen LogP contribution in [0.3, 0.4) is 0 Å². The number of benzene rings is 1. The van der Waals surface area contributed by atoms with Crippen molar-refractivity contribution < 1.29 is 9.59 Å². The van der Waals surface area contributed by atoms with Crippen LogP contribution in [-0.2, 0) is 4.79 Å². The summed E-state index contributed by atoms with van der Waals surface area (Å²) in [5.74, 6) is -0.242. The van der Waals surface area contributed by atoms with Gasteiger partial charge < -0.3 is 10.6 Å². The molecule has 0 atom stereocenters. The highest BCUT2D eigenvalue weighted by Crippen LogP contribution is 2.14. The van der Waals surface area contributed by atoms with Crippen LogP contribution >= 0.6 is 11.3 Å². The third-order valence-corrected chi connectivity index (χ3v) is 4.04. The van der Waals surface area contributed by atoms with Crippen LogP contribution in [0.1, 0.15) is 27.2 Å². The Morgan fingerprint density at radius 3 is 2.62 bits per heavy atom. The SMILES string of the molecule is Cc1ccc(NC(=O)CCNC(=O)c2cccs2)cc1C. The summed E-state index contributed by atoms with van der Waals surface area (Å²) in [6.45, 7) is 4.36. The van der Waals surface area contributed by atoms with E-state index in [1.54, 1.807) is 6.07 Å². The molecule has 21 heavy (non-hydrogen) atoms. The fourth-order valence-electron chi connectivity index (χ4n) is 1.83. The number of anilines is 1. The molecule has 0 aliphatic rings. The average Bonchev–Trinajstić information content (AvgIpc) is 2.97. The van der Waals surface area contributed by atoms with E-state index in [0.29, 0.717) is 11.4 Å². The van der Waals surface area contributed by atoms with Crippen LogP contribution in [0.15, 0.2) is 35.7 Å². The van der Waals surface area contributed by atoms with Gasteiger partial charge in [0.15, 0.2) is 0 Å². The number of carbonyl (C=O) groups is 2. The molecule has 4 nitrogen and oxygen atoms in total. The smallest absolute Gasteiger partial charge is 0.261 e. The molecule has 2 rings (SSSR count). The molecule has 5 heteroatoms. The molecule has 0 saturated carbocycles. The molecule has 0 fully saturated rings. The van der Waals surface area contributed by atoms with Crippen molar-refractivity contribution in [2.24, 2.45) is 0 Å². The molecule has 0 radical (unpaired) electrons. The summed E-state index contributed by atoms with van der Waals surface area (Å²) in [5, 5.41) is 7.41. The maximum atomic E-state index is 11.8. The summed E-state index contributed by atoms with van der Waals surface area (Å²) < 4.78 is 0. The van der Waals surface area contributed by atoms with Crippen molar-refractivity contribution >= 4 is 28.8 Å². The summed E-state index contributed by atoms with van der Waals surface area (Å²) in [6.07, 6.45) is 0.254. The van der Waals surface area contributed by atoms with E-state index in [9.17, 15) is 9.59 Å². The second-order valence-corrected chi connectivity index (χ2v) is 5.78. The molecule has 1 heterocycles. The standard InChI is InChI=1S/C16H18N2O2S/c1-11-5-6-13(10-12(11)2)18-15(19)7-8-17-16(20)14-4-3-9-21-14/h3-6,9-10H,7-8H2,1-2H3,(H,17,20)(H,18,19). The van der Waals surface area contributed by atoms with Crippen molar-refractivity contribution in [1.29, 1.82) is 0 Å². The van der Waals surface area contributed by atoms with Gasteiger partial charge in [0.1, 0.15) is 0 Å². The third kappa shape index (κ3) is 4.43. The number of amides is 2. The molecule has 0 bridgehead atoms. The average molecular weight is 302 g/mol. The molecule has 0 aliphatic carbocycles. The number of nitrogens with one attached hydrogen (secondary N) is 2. The highest BCUT2D eigenvalue weighted by atomic mass is 32.1. The minimum Gasteiger partial charge on any atom is -0.351 e. The van der Waals surface area contributed by atoms with E-state index in [1.165, 1.54) is 16.9 Å². The summed E-state index contributed by atoms with van der Waals surface area (Å²) in [6, 6.07) is 9.38. The van der Waals surface area contributed by atoms with Gasteiger partial charge >= 0.3 is 0 Å². The van der Waals surface area contributed by atoms with Crippen molar-refractivity contribution in [1.82, 2.24) is 5.32 Å². The quantitative estimate of drug-likeness (QED) is 0.891. The van der Waals surface area contributed by atoms with Gasteiger partial charge in [0.05, 0.1) is 4.88 Å². The zero-order valence-electron chi connectivity index (χ0n) is 12.1. The Morgan fingerprint density at radius 2 is 1.95 bits per heavy atom. The maximum absolute atomic E-state index is 11.8. The first-order valence-corrected chi connectivity index (χ1v) is 7.63. The van der Waals surface area contributed by atoms with Crippen molar-refractivity contribution in [3.63, 3.8) is 0 Å². The molecule has 2 N–H and O–H groups in total. The Morgan fingerprint density at radius 1 is 1.14 bits per heavy atom. The number of hydrogen-bond acceptors (Lipinski definition) is 3. The van der Waals surface area contributed by atoms with Gasteiger partial charge in [-0.1, -0.05) is 12.1 Å². The van der Waals surface area contributed by atoms with Gasteiger partial charge in [-0.05, 0) is 48.6 Å². The van der Waals surface area contributed by atoms with Gasteiger partial charge in [0.2, 0.25) is 5.91 Å². The summed E-state index contributed by atoms with van der Waals surface area (Å²) in [5.41, 5.74) is 3.11. The predicted molar refractivity (Wildman–Crippen MR) is 85.8 cm³/mol. The molecule has 110 valence electrons. The fourth-order valence-corrected chi connectivity index (χ4v) is 2.47. The predicted octanol–water partition coefficient (Wildman–Crippen LogP) is 3.12. The molecule has 2 aromatic rings. The molecular weight excluding hydrogens is 284 g/mol. The molecular formula is C16H18N2O2S. The van der Waals surface area contributed by atoms with E-state index in [1.807, 2.05) is 43.5 Å². The number of hydrogen-bond donors (Lipinski definition) is 2. The van der Waals surface area contributed by atoms with Crippen molar-refractivity contribution in [2.45, 2.75) is 20.3 Å². The normalized spacial score (nSPS) is 10.2. The summed E-state index contributed by atoms with van der Waals surface area (Å²) in [4.78, 5) is 24.2. The highest BCUT2D eigenvalue weighted by molar-refractivity contribution is 7.12. The maximum Gasteiger partial charge on any atom is 0.261 e. The fraction of sp³-hybridized carbons (Fsp3) is 0.250. The largest absolute Gasteiger partial charge is 0.351 e. The van der Waals surface area contributed by atoms with Gasteiger partial charge in [-0.15, -0.1) is 11.3 Å². The molecule has 0 spiro atoms. The zero-order chi connectivity index (χ0) is 15.2. The van der Waals surface area contributed by atoms with E-state index in [4.69, 9.17) is 0 Å². The van der Waals surface area contributed by atoms with Crippen molar-refractivity contribution in [3.8, 4) is 0 Å². The second-order valence-electron chi connectivity index (χ2n) is 4.83. The first-order valence-electron chi connectivity index (χ1n) is 6.75. The molecule has 1 aromatic carbocycles. The van der Waals surface area contributed by atoms with E-state index in [2.05, 4.69) is 10.6 Å². The molecule has 0 saturated heterocycles. The molecule has 0 aliphatic heterocycles. The first kappa shape index (κ1) is 15.3. The third-order valence-electron chi connectivity index (χ3n) is 3.17. The highest BCUT2D eigenvalue weighted by Gasteiger charge is 2.07. The Hall–Kier alpha value is -2.14. The number of aryl methyl sites for hydroxylation is 2. The van der Waals surface area contributed by atoms with Gasteiger partial charge in [-0.3, -0.25) is 9.59 Å². The Labute approximate surface area is 128 Å². The molecule has 1 aromatic heterocycles. The van der Waals surface area contributed by atoms with Crippen LogP contribution in [0.25, 0.3) is 0 Å². The lowest BCUT2D eigenvalue weighted by Gasteiger charge is -2.08. The minimum absolute atomic E-state index is 0.107. The second kappa shape index (κ2) is 7.04.